The van der Waals surface area contributed by atoms with Crippen molar-refractivity contribution in [2.45, 2.75) is 32.9 Å². The Labute approximate surface area is 151 Å². The summed E-state index contributed by atoms with van der Waals surface area (Å²) in [7, 11) is 0. The first-order valence-corrected chi connectivity index (χ1v) is 8.80. The van der Waals surface area contributed by atoms with Crippen molar-refractivity contribution in [3.05, 3.63) is 53.3 Å². The highest BCUT2D eigenvalue weighted by molar-refractivity contribution is 5.97. The van der Waals surface area contributed by atoms with Gasteiger partial charge in [0.25, 0.3) is 5.91 Å². The molecule has 0 fully saturated rings. The van der Waals surface area contributed by atoms with E-state index in [0.29, 0.717) is 18.7 Å². The second-order valence-corrected chi connectivity index (χ2v) is 6.45. The van der Waals surface area contributed by atoms with Gasteiger partial charge in [-0.2, -0.15) is 0 Å². The fourth-order valence-corrected chi connectivity index (χ4v) is 3.26. The highest BCUT2D eigenvalue weighted by atomic mass is 16.5. The Morgan fingerprint density at radius 1 is 1.38 bits per heavy atom. The molecular weight excluding hydrogens is 330 g/mol. The van der Waals surface area contributed by atoms with Gasteiger partial charge in [-0.05, 0) is 44.2 Å². The zero-order valence-corrected chi connectivity index (χ0v) is 14.8. The van der Waals surface area contributed by atoms with E-state index in [1.54, 1.807) is 18.5 Å². The summed E-state index contributed by atoms with van der Waals surface area (Å²) < 4.78 is 11.6. The second-order valence-electron chi connectivity index (χ2n) is 6.45. The molecule has 0 spiro atoms. The predicted molar refractivity (Wildman–Crippen MR) is 98.7 cm³/mol. The summed E-state index contributed by atoms with van der Waals surface area (Å²) in [5.41, 5.74) is 4.33. The van der Waals surface area contributed by atoms with E-state index in [4.69, 9.17) is 9.47 Å². The first kappa shape index (κ1) is 16.4. The number of benzene rings is 2. The molecule has 0 saturated carbocycles. The molecule has 0 aliphatic carbocycles. The number of aromatic amines is 1. The van der Waals surface area contributed by atoms with E-state index in [-0.39, 0.29) is 12.0 Å². The first-order valence-electron chi connectivity index (χ1n) is 8.80. The van der Waals surface area contributed by atoms with Crippen molar-refractivity contribution >= 4 is 16.9 Å². The van der Waals surface area contributed by atoms with Crippen molar-refractivity contribution in [1.82, 2.24) is 15.3 Å². The number of hydrogen-bond donors (Lipinski definition) is 2. The van der Waals surface area contributed by atoms with Crippen molar-refractivity contribution in [2.24, 2.45) is 0 Å². The van der Waals surface area contributed by atoms with Gasteiger partial charge in [0.05, 0.1) is 24.0 Å². The molecule has 0 saturated heterocycles. The van der Waals surface area contributed by atoms with Crippen LogP contribution in [-0.4, -0.2) is 28.6 Å². The van der Waals surface area contributed by atoms with Crippen LogP contribution in [0.1, 0.15) is 35.3 Å². The number of imidazole rings is 1. The van der Waals surface area contributed by atoms with Crippen LogP contribution in [0.5, 0.6) is 11.5 Å². The molecule has 2 N–H and O–H groups in total. The molecule has 134 valence electrons. The summed E-state index contributed by atoms with van der Waals surface area (Å²) in [6.45, 7) is 4.95. The summed E-state index contributed by atoms with van der Waals surface area (Å²) in [5.74, 6) is 1.54. The summed E-state index contributed by atoms with van der Waals surface area (Å²) in [5, 5.41) is 2.96. The largest absolute Gasteiger partial charge is 0.494 e. The van der Waals surface area contributed by atoms with Crippen LogP contribution in [0.25, 0.3) is 11.0 Å². The van der Waals surface area contributed by atoms with Gasteiger partial charge in [-0.15, -0.1) is 0 Å². The molecule has 1 aliphatic heterocycles. The molecule has 6 heteroatoms. The smallest absolute Gasteiger partial charge is 0.251 e. The number of carbonyl (C=O) groups is 1. The summed E-state index contributed by atoms with van der Waals surface area (Å²) in [6, 6.07) is 9.41. The molecule has 1 aromatic heterocycles. The number of nitrogens with zero attached hydrogens (tertiary/aromatic N) is 1. The minimum absolute atomic E-state index is 0.140. The van der Waals surface area contributed by atoms with Crippen LogP contribution in [0, 0.1) is 0 Å². The van der Waals surface area contributed by atoms with Gasteiger partial charge in [-0.1, -0.05) is 0 Å². The van der Waals surface area contributed by atoms with Crippen LogP contribution in [0.2, 0.25) is 0 Å². The number of rotatable bonds is 5. The molecule has 3 aromatic rings. The van der Waals surface area contributed by atoms with Crippen molar-refractivity contribution in [3.8, 4) is 11.5 Å². The number of ether oxygens (including phenoxy) is 2. The van der Waals surface area contributed by atoms with Gasteiger partial charge in [0.15, 0.2) is 0 Å². The molecule has 2 heterocycles. The van der Waals surface area contributed by atoms with Crippen molar-refractivity contribution in [2.75, 3.05) is 6.61 Å². The Morgan fingerprint density at radius 2 is 2.27 bits per heavy atom. The number of aromatic nitrogens is 2. The van der Waals surface area contributed by atoms with Crippen LogP contribution < -0.4 is 14.8 Å². The lowest BCUT2D eigenvalue weighted by atomic mass is 10.1. The van der Waals surface area contributed by atoms with E-state index in [0.717, 1.165) is 40.1 Å². The number of fused-ring (bicyclic) bond motifs is 2. The number of hydrogen-bond acceptors (Lipinski definition) is 4. The van der Waals surface area contributed by atoms with E-state index in [1.165, 1.54) is 0 Å². The molecule has 0 radical (unpaired) electrons. The number of H-pyrrole nitrogens is 1. The van der Waals surface area contributed by atoms with Crippen molar-refractivity contribution in [1.29, 1.82) is 0 Å². The molecule has 2 aromatic carbocycles. The summed E-state index contributed by atoms with van der Waals surface area (Å²) in [4.78, 5) is 19.7. The van der Waals surface area contributed by atoms with Crippen LogP contribution >= 0.6 is 0 Å². The Balaban J connectivity index is 1.53. The monoisotopic (exact) mass is 351 g/mol. The molecular formula is C20H21N3O3. The topological polar surface area (TPSA) is 76.2 Å². The van der Waals surface area contributed by atoms with Gasteiger partial charge in [0.2, 0.25) is 0 Å². The molecule has 0 bridgehead atoms. The average molecular weight is 351 g/mol. The molecule has 26 heavy (non-hydrogen) atoms. The van der Waals surface area contributed by atoms with Crippen LogP contribution in [0.4, 0.5) is 0 Å². The normalized spacial score (nSPS) is 15.5. The van der Waals surface area contributed by atoms with Crippen LogP contribution in [0.3, 0.4) is 0 Å². The van der Waals surface area contributed by atoms with Gasteiger partial charge in [-0.3, -0.25) is 4.79 Å². The molecule has 1 amide bonds. The number of carbonyl (C=O) groups excluding carboxylic acids is 1. The minimum atomic E-state index is -0.140. The van der Waals surface area contributed by atoms with Gasteiger partial charge < -0.3 is 19.8 Å². The van der Waals surface area contributed by atoms with E-state index < -0.39 is 0 Å². The van der Waals surface area contributed by atoms with Gasteiger partial charge in [-0.25, -0.2) is 4.98 Å². The van der Waals surface area contributed by atoms with Crippen LogP contribution in [-0.2, 0) is 13.0 Å². The lowest BCUT2D eigenvalue weighted by Gasteiger charge is -2.13. The highest BCUT2D eigenvalue weighted by Gasteiger charge is 2.22. The van der Waals surface area contributed by atoms with E-state index in [9.17, 15) is 4.79 Å². The molecule has 1 atom stereocenters. The predicted octanol–water partition coefficient (Wildman–Crippen LogP) is 3.22. The third-order valence-electron chi connectivity index (χ3n) is 4.50. The summed E-state index contributed by atoms with van der Waals surface area (Å²) >= 11 is 0. The van der Waals surface area contributed by atoms with Crippen molar-refractivity contribution < 1.29 is 14.3 Å². The Kier molecular flexibility index (Phi) is 4.24. The lowest BCUT2D eigenvalue weighted by molar-refractivity contribution is 0.0950. The maximum atomic E-state index is 12.5. The molecule has 4 rings (SSSR count). The molecule has 1 aliphatic rings. The van der Waals surface area contributed by atoms with Gasteiger partial charge in [0.1, 0.15) is 17.6 Å². The molecule has 1 unspecified atom stereocenters. The maximum absolute atomic E-state index is 12.5. The van der Waals surface area contributed by atoms with Gasteiger partial charge >= 0.3 is 0 Å². The Hall–Kier alpha value is -3.02. The Morgan fingerprint density at radius 3 is 3.12 bits per heavy atom. The SMILES string of the molecule is CCOc1cc2c(cc1CNC(=O)c1ccc3nc[nH]c3c1)OC(C)C2. The first-order chi connectivity index (χ1) is 12.6. The minimum Gasteiger partial charge on any atom is -0.494 e. The summed E-state index contributed by atoms with van der Waals surface area (Å²) in [6.07, 6.45) is 2.67. The van der Waals surface area contributed by atoms with E-state index >= 15 is 0 Å². The fourth-order valence-electron chi connectivity index (χ4n) is 3.26. The molecule has 6 nitrogen and oxygen atoms in total. The fraction of sp³-hybridized carbons (Fsp3) is 0.300. The quantitative estimate of drug-likeness (QED) is 0.740. The lowest BCUT2D eigenvalue weighted by Crippen LogP contribution is -2.23. The van der Waals surface area contributed by atoms with Gasteiger partial charge in [0, 0.05) is 29.7 Å². The average Bonchev–Trinajstić information content (AvgIpc) is 3.23. The van der Waals surface area contributed by atoms with E-state index in [2.05, 4.69) is 15.3 Å². The van der Waals surface area contributed by atoms with E-state index in [1.807, 2.05) is 32.0 Å². The third kappa shape index (κ3) is 3.10. The third-order valence-corrected chi connectivity index (χ3v) is 4.50. The van der Waals surface area contributed by atoms with Crippen molar-refractivity contribution in [3.63, 3.8) is 0 Å². The van der Waals surface area contributed by atoms with Crippen LogP contribution in [0.15, 0.2) is 36.7 Å². The number of nitrogens with one attached hydrogen (secondary N) is 2. The maximum Gasteiger partial charge on any atom is 0.251 e. The zero-order valence-electron chi connectivity index (χ0n) is 14.8. The standard InChI is InChI=1S/C20H21N3O3/c1-3-25-18-8-14-6-12(2)26-19(14)9-15(18)10-21-20(24)13-4-5-16-17(7-13)23-11-22-16/h4-5,7-9,11-12H,3,6,10H2,1-2H3,(H,21,24)(H,22,23). The number of amides is 1. The zero-order chi connectivity index (χ0) is 18.1. The Bertz CT molecular complexity index is 964. The second kappa shape index (κ2) is 6.71. The highest BCUT2D eigenvalue weighted by Crippen LogP contribution is 2.35.